The molecule has 5 nitrogen and oxygen atoms in total. The van der Waals surface area contributed by atoms with Crippen LogP contribution in [0.3, 0.4) is 0 Å². The first kappa shape index (κ1) is 13.9. The summed E-state index contributed by atoms with van der Waals surface area (Å²) in [6.45, 7) is 4.37. The van der Waals surface area contributed by atoms with Gasteiger partial charge in [0.25, 0.3) is 0 Å². The van der Waals surface area contributed by atoms with Crippen LogP contribution >= 0.6 is 11.3 Å². The van der Waals surface area contributed by atoms with Crippen LogP contribution in [0.4, 0.5) is 4.79 Å². The van der Waals surface area contributed by atoms with Crippen LogP contribution in [-0.4, -0.2) is 35.1 Å². The molecular formula is C13H18N2O3S. The second-order valence-corrected chi connectivity index (χ2v) is 6.05. The molecule has 2 unspecified atom stereocenters. The van der Waals surface area contributed by atoms with E-state index >= 15 is 0 Å². The van der Waals surface area contributed by atoms with E-state index in [-0.39, 0.29) is 18.6 Å². The van der Waals surface area contributed by atoms with Crippen LogP contribution in [0.5, 0.6) is 0 Å². The van der Waals surface area contributed by atoms with Gasteiger partial charge in [-0.05, 0) is 42.7 Å². The van der Waals surface area contributed by atoms with Crippen molar-refractivity contribution in [3.63, 3.8) is 0 Å². The summed E-state index contributed by atoms with van der Waals surface area (Å²) in [6.07, 6.45) is 0.503. The first-order valence-electron chi connectivity index (χ1n) is 6.23. The number of urea groups is 1. The van der Waals surface area contributed by atoms with Crippen molar-refractivity contribution >= 4 is 23.3 Å². The van der Waals surface area contributed by atoms with E-state index in [4.69, 9.17) is 5.11 Å². The van der Waals surface area contributed by atoms with Gasteiger partial charge in [0.2, 0.25) is 0 Å². The van der Waals surface area contributed by atoms with Gasteiger partial charge in [0.1, 0.15) is 0 Å². The third-order valence-corrected chi connectivity index (χ3v) is 4.36. The molecule has 2 atom stereocenters. The molecule has 0 aliphatic carbocycles. The monoisotopic (exact) mass is 282 g/mol. The molecule has 0 spiro atoms. The number of carbonyl (C=O) groups excluding carboxylic acids is 1. The molecular weight excluding hydrogens is 264 g/mol. The summed E-state index contributed by atoms with van der Waals surface area (Å²) in [7, 11) is 0. The van der Waals surface area contributed by atoms with E-state index in [1.54, 1.807) is 23.2 Å². The average molecular weight is 282 g/mol. The number of carboxylic acids is 1. The second kappa shape index (κ2) is 5.21. The standard InChI is InChI=1S/C13H18N2O3S/c1-9(10-3-6-19-7-10)14-12(18)15-5-4-13(2,8-15)11(16)17/h3,6-7,9H,4-5,8H2,1-2H3,(H,14,18)(H,16,17). The fourth-order valence-electron chi connectivity index (χ4n) is 2.19. The minimum Gasteiger partial charge on any atom is -0.481 e. The van der Waals surface area contributed by atoms with Crippen molar-refractivity contribution in [2.24, 2.45) is 5.41 Å². The molecule has 19 heavy (non-hydrogen) atoms. The molecule has 6 heteroatoms. The molecule has 0 saturated carbocycles. The zero-order valence-corrected chi connectivity index (χ0v) is 11.9. The number of hydrogen-bond acceptors (Lipinski definition) is 3. The highest BCUT2D eigenvalue weighted by atomic mass is 32.1. The van der Waals surface area contributed by atoms with Crippen LogP contribution in [0.1, 0.15) is 31.9 Å². The van der Waals surface area contributed by atoms with E-state index in [1.165, 1.54) is 0 Å². The van der Waals surface area contributed by atoms with Crippen molar-refractivity contribution in [2.75, 3.05) is 13.1 Å². The molecule has 2 heterocycles. The zero-order valence-electron chi connectivity index (χ0n) is 11.0. The molecule has 1 aliphatic heterocycles. The normalized spacial score (nSPS) is 24.2. The van der Waals surface area contributed by atoms with E-state index in [2.05, 4.69) is 5.32 Å². The van der Waals surface area contributed by atoms with Crippen LogP contribution in [0, 0.1) is 5.41 Å². The summed E-state index contributed by atoms with van der Waals surface area (Å²) in [5, 5.41) is 16.0. The highest BCUT2D eigenvalue weighted by Gasteiger charge is 2.42. The van der Waals surface area contributed by atoms with E-state index < -0.39 is 11.4 Å². The average Bonchev–Trinajstić information content (AvgIpc) is 2.98. The molecule has 104 valence electrons. The van der Waals surface area contributed by atoms with Gasteiger partial charge in [-0.2, -0.15) is 11.3 Å². The van der Waals surface area contributed by atoms with Crippen molar-refractivity contribution in [1.82, 2.24) is 10.2 Å². The summed E-state index contributed by atoms with van der Waals surface area (Å²) in [4.78, 5) is 24.8. The Kier molecular flexibility index (Phi) is 3.80. The van der Waals surface area contributed by atoms with Crippen LogP contribution in [0.15, 0.2) is 16.8 Å². The number of hydrogen-bond donors (Lipinski definition) is 2. The quantitative estimate of drug-likeness (QED) is 0.894. The topological polar surface area (TPSA) is 69.6 Å². The number of rotatable bonds is 3. The maximum Gasteiger partial charge on any atom is 0.317 e. The molecule has 1 fully saturated rings. The summed E-state index contributed by atoms with van der Waals surface area (Å²) in [6, 6.07) is 1.72. The lowest BCUT2D eigenvalue weighted by atomic mass is 9.90. The predicted molar refractivity (Wildman–Crippen MR) is 73.2 cm³/mol. The summed E-state index contributed by atoms with van der Waals surface area (Å²) >= 11 is 1.59. The first-order valence-corrected chi connectivity index (χ1v) is 7.17. The molecule has 1 aromatic rings. The Hall–Kier alpha value is -1.56. The number of amides is 2. The highest BCUT2D eigenvalue weighted by Crippen LogP contribution is 2.30. The van der Waals surface area contributed by atoms with Gasteiger partial charge in [0.15, 0.2) is 0 Å². The van der Waals surface area contributed by atoms with Crippen molar-refractivity contribution in [3.8, 4) is 0 Å². The van der Waals surface area contributed by atoms with Crippen molar-refractivity contribution < 1.29 is 14.7 Å². The number of likely N-dealkylation sites (tertiary alicyclic amines) is 1. The first-order chi connectivity index (χ1) is 8.92. The maximum absolute atomic E-state index is 12.1. The fraction of sp³-hybridized carbons (Fsp3) is 0.538. The van der Waals surface area contributed by atoms with Gasteiger partial charge in [-0.1, -0.05) is 0 Å². The Labute approximate surface area is 116 Å². The molecule has 0 aromatic carbocycles. The zero-order chi connectivity index (χ0) is 14.0. The number of carbonyl (C=O) groups is 2. The number of aliphatic carboxylic acids is 1. The minimum absolute atomic E-state index is 0.0598. The lowest BCUT2D eigenvalue weighted by Gasteiger charge is -2.22. The molecule has 1 saturated heterocycles. The van der Waals surface area contributed by atoms with E-state index in [0.717, 1.165) is 5.56 Å². The predicted octanol–water partition coefficient (Wildman–Crippen LogP) is 2.32. The SMILES string of the molecule is CC(NC(=O)N1CCC(C)(C(=O)O)C1)c1ccsc1. The maximum atomic E-state index is 12.1. The Bertz CT molecular complexity index is 474. The summed E-state index contributed by atoms with van der Waals surface area (Å²) in [5.74, 6) is -0.839. The lowest BCUT2D eigenvalue weighted by molar-refractivity contribution is -0.146. The van der Waals surface area contributed by atoms with E-state index in [1.807, 2.05) is 23.8 Å². The summed E-state index contributed by atoms with van der Waals surface area (Å²) in [5.41, 5.74) is 0.252. The van der Waals surface area contributed by atoms with Crippen LogP contribution in [0.25, 0.3) is 0 Å². The largest absolute Gasteiger partial charge is 0.481 e. The van der Waals surface area contributed by atoms with Gasteiger partial charge in [0, 0.05) is 13.1 Å². The Morgan fingerprint density at radius 2 is 2.32 bits per heavy atom. The van der Waals surface area contributed by atoms with Crippen molar-refractivity contribution in [2.45, 2.75) is 26.3 Å². The number of nitrogens with zero attached hydrogens (tertiary/aromatic N) is 1. The third kappa shape index (κ3) is 2.89. The fourth-order valence-corrected chi connectivity index (χ4v) is 2.94. The Morgan fingerprint density at radius 1 is 1.58 bits per heavy atom. The van der Waals surface area contributed by atoms with Crippen molar-refractivity contribution in [1.29, 1.82) is 0 Å². The van der Waals surface area contributed by atoms with Gasteiger partial charge >= 0.3 is 12.0 Å². The molecule has 2 amide bonds. The summed E-state index contributed by atoms with van der Waals surface area (Å²) < 4.78 is 0. The van der Waals surface area contributed by atoms with Gasteiger partial charge in [0.05, 0.1) is 11.5 Å². The highest BCUT2D eigenvalue weighted by molar-refractivity contribution is 7.07. The molecule has 2 rings (SSSR count). The van der Waals surface area contributed by atoms with E-state index in [0.29, 0.717) is 13.0 Å². The lowest BCUT2D eigenvalue weighted by Crippen LogP contribution is -2.41. The van der Waals surface area contributed by atoms with Crippen LogP contribution < -0.4 is 5.32 Å². The molecule has 0 bridgehead atoms. The molecule has 1 aromatic heterocycles. The molecule has 2 N–H and O–H groups in total. The number of thiophene rings is 1. The van der Waals surface area contributed by atoms with Gasteiger partial charge < -0.3 is 15.3 Å². The molecule has 1 aliphatic rings. The second-order valence-electron chi connectivity index (χ2n) is 5.27. The van der Waals surface area contributed by atoms with Gasteiger partial charge in [-0.25, -0.2) is 4.79 Å². The van der Waals surface area contributed by atoms with Crippen molar-refractivity contribution in [3.05, 3.63) is 22.4 Å². The third-order valence-electron chi connectivity index (χ3n) is 3.66. The molecule has 0 radical (unpaired) electrons. The van der Waals surface area contributed by atoms with Crippen LogP contribution in [-0.2, 0) is 4.79 Å². The van der Waals surface area contributed by atoms with E-state index in [9.17, 15) is 9.59 Å². The van der Waals surface area contributed by atoms with Crippen LogP contribution in [0.2, 0.25) is 0 Å². The minimum atomic E-state index is -0.839. The Morgan fingerprint density at radius 3 is 2.84 bits per heavy atom. The van der Waals surface area contributed by atoms with Gasteiger partial charge in [-0.3, -0.25) is 4.79 Å². The Balaban J connectivity index is 1.93. The smallest absolute Gasteiger partial charge is 0.317 e. The van der Waals surface area contributed by atoms with Gasteiger partial charge in [-0.15, -0.1) is 0 Å². The number of nitrogens with one attached hydrogen (secondary N) is 1. The number of carboxylic acid groups (broad SMARTS) is 1.